The molecule has 1 rings (SSSR count). The molecule has 0 aromatic rings. The SMILES string of the molecule is COCCOC1CC=NO1. The lowest BCUT2D eigenvalue weighted by molar-refractivity contribution is -0.132. The molecular weight excluding hydrogens is 134 g/mol. The number of nitrogens with zero attached hydrogens (tertiary/aromatic N) is 1. The van der Waals surface area contributed by atoms with Gasteiger partial charge in [-0.05, 0) is 0 Å². The summed E-state index contributed by atoms with van der Waals surface area (Å²) in [7, 11) is 1.63. The zero-order valence-corrected chi connectivity index (χ0v) is 5.95. The van der Waals surface area contributed by atoms with Crippen LogP contribution in [0.25, 0.3) is 0 Å². The van der Waals surface area contributed by atoms with Gasteiger partial charge in [0.2, 0.25) is 6.29 Å². The third-order valence-electron chi connectivity index (χ3n) is 1.14. The molecule has 0 fully saturated rings. The normalized spacial score (nSPS) is 23.1. The third kappa shape index (κ3) is 2.33. The molecule has 4 heteroatoms. The van der Waals surface area contributed by atoms with Gasteiger partial charge in [-0.3, -0.25) is 0 Å². The summed E-state index contributed by atoms with van der Waals surface area (Å²) < 4.78 is 9.95. The minimum Gasteiger partial charge on any atom is -0.382 e. The molecule has 0 aromatic heterocycles. The van der Waals surface area contributed by atoms with Crippen LogP contribution in [0.1, 0.15) is 6.42 Å². The average molecular weight is 145 g/mol. The van der Waals surface area contributed by atoms with Crippen molar-refractivity contribution >= 4 is 6.21 Å². The molecule has 0 amide bonds. The number of ether oxygens (including phenoxy) is 2. The van der Waals surface area contributed by atoms with E-state index in [-0.39, 0.29) is 6.29 Å². The van der Waals surface area contributed by atoms with Crippen LogP contribution in [0.15, 0.2) is 5.16 Å². The summed E-state index contributed by atoms with van der Waals surface area (Å²) >= 11 is 0. The van der Waals surface area contributed by atoms with Crippen LogP contribution in [0, 0.1) is 0 Å². The molecule has 0 bridgehead atoms. The average Bonchev–Trinajstić information content (AvgIpc) is 2.41. The molecule has 4 nitrogen and oxygen atoms in total. The molecular formula is C6H11NO3. The highest BCUT2D eigenvalue weighted by Gasteiger charge is 2.11. The maximum Gasteiger partial charge on any atom is 0.231 e. The summed E-state index contributed by atoms with van der Waals surface area (Å²) in [5, 5.41) is 3.55. The molecule has 1 heterocycles. The van der Waals surface area contributed by atoms with Gasteiger partial charge in [-0.25, -0.2) is 0 Å². The van der Waals surface area contributed by atoms with Crippen molar-refractivity contribution in [2.45, 2.75) is 12.7 Å². The van der Waals surface area contributed by atoms with Crippen molar-refractivity contribution in [1.29, 1.82) is 0 Å². The predicted molar refractivity (Wildman–Crippen MR) is 35.8 cm³/mol. The Bertz CT molecular complexity index is 108. The van der Waals surface area contributed by atoms with E-state index in [0.717, 1.165) is 6.42 Å². The lowest BCUT2D eigenvalue weighted by Gasteiger charge is -2.07. The maximum absolute atomic E-state index is 5.17. The van der Waals surface area contributed by atoms with Crippen molar-refractivity contribution in [1.82, 2.24) is 0 Å². The largest absolute Gasteiger partial charge is 0.382 e. The first-order valence-corrected chi connectivity index (χ1v) is 3.21. The van der Waals surface area contributed by atoms with E-state index < -0.39 is 0 Å². The van der Waals surface area contributed by atoms with E-state index in [2.05, 4.69) is 5.16 Å². The molecule has 0 aliphatic carbocycles. The molecule has 0 saturated heterocycles. The molecule has 10 heavy (non-hydrogen) atoms. The number of hydrogen-bond acceptors (Lipinski definition) is 4. The van der Waals surface area contributed by atoms with Crippen LogP contribution in [0.4, 0.5) is 0 Å². The smallest absolute Gasteiger partial charge is 0.231 e. The van der Waals surface area contributed by atoms with Crippen molar-refractivity contribution in [3.8, 4) is 0 Å². The van der Waals surface area contributed by atoms with E-state index in [1.165, 1.54) is 0 Å². The standard InChI is InChI=1S/C6H11NO3/c1-8-4-5-9-6-2-3-7-10-6/h3,6H,2,4-5H2,1H3. The van der Waals surface area contributed by atoms with Crippen molar-refractivity contribution in [2.24, 2.45) is 5.16 Å². The van der Waals surface area contributed by atoms with E-state index in [4.69, 9.17) is 14.3 Å². The Balaban J connectivity index is 1.93. The van der Waals surface area contributed by atoms with Gasteiger partial charge in [-0.15, -0.1) is 0 Å². The van der Waals surface area contributed by atoms with Gasteiger partial charge in [0.1, 0.15) is 0 Å². The zero-order valence-electron chi connectivity index (χ0n) is 5.95. The topological polar surface area (TPSA) is 40.0 Å². The summed E-state index contributed by atoms with van der Waals surface area (Å²) in [6.07, 6.45) is 2.25. The molecule has 0 saturated carbocycles. The Hall–Kier alpha value is -0.610. The summed E-state index contributed by atoms with van der Waals surface area (Å²) in [5.74, 6) is 0. The second kappa shape index (κ2) is 4.24. The Morgan fingerprint density at radius 1 is 1.70 bits per heavy atom. The minimum atomic E-state index is -0.185. The van der Waals surface area contributed by atoms with Crippen LogP contribution in [-0.2, 0) is 14.3 Å². The van der Waals surface area contributed by atoms with E-state index in [0.29, 0.717) is 13.2 Å². The molecule has 1 aliphatic rings. The first-order valence-electron chi connectivity index (χ1n) is 3.21. The van der Waals surface area contributed by atoms with Crippen molar-refractivity contribution in [2.75, 3.05) is 20.3 Å². The first kappa shape index (κ1) is 7.50. The van der Waals surface area contributed by atoms with Gasteiger partial charge < -0.3 is 14.3 Å². The molecule has 58 valence electrons. The fourth-order valence-electron chi connectivity index (χ4n) is 0.644. The second-order valence-electron chi connectivity index (χ2n) is 1.92. The molecule has 0 N–H and O–H groups in total. The van der Waals surface area contributed by atoms with E-state index in [1.807, 2.05) is 0 Å². The van der Waals surface area contributed by atoms with Crippen LogP contribution in [0.3, 0.4) is 0 Å². The summed E-state index contributed by atoms with van der Waals surface area (Å²) in [5.41, 5.74) is 0. The number of methoxy groups -OCH3 is 1. The first-order chi connectivity index (χ1) is 4.93. The second-order valence-corrected chi connectivity index (χ2v) is 1.92. The predicted octanol–water partition coefficient (Wildman–Crippen LogP) is 0.382. The summed E-state index contributed by atoms with van der Waals surface area (Å²) in [6.45, 7) is 1.16. The van der Waals surface area contributed by atoms with Crippen LogP contribution in [0.5, 0.6) is 0 Å². The van der Waals surface area contributed by atoms with Crippen molar-refractivity contribution in [3.63, 3.8) is 0 Å². The number of oxime groups is 1. The van der Waals surface area contributed by atoms with Crippen molar-refractivity contribution in [3.05, 3.63) is 0 Å². The molecule has 1 unspecified atom stereocenters. The maximum atomic E-state index is 5.17. The summed E-state index contributed by atoms with van der Waals surface area (Å²) in [4.78, 5) is 4.79. The summed E-state index contributed by atoms with van der Waals surface area (Å²) in [6, 6.07) is 0. The van der Waals surface area contributed by atoms with Gasteiger partial charge in [0.15, 0.2) is 0 Å². The van der Waals surface area contributed by atoms with Gasteiger partial charge in [-0.2, -0.15) is 0 Å². The Labute approximate surface area is 59.7 Å². The van der Waals surface area contributed by atoms with Crippen LogP contribution in [-0.4, -0.2) is 32.8 Å². The van der Waals surface area contributed by atoms with Gasteiger partial charge in [-0.1, -0.05) is 5.16 Å². The Morgan fingerprint density at radius 3 is 3.20 bits per heavy atom. The van der Waals surface area contributed by atoms with Gasteiger partial charge in [0.05, 0.1) is 25.8 Å². The van der Waals surface area contributed by atoms with Crippen LogP contribution < -0.4 is 0 Å². The zero-order chi connectivity index (χ0) is 7.23. The third-order valence-corrected chi connectivity index (χ3v) is 1.14. The highest BCUT2D eigenvalue weighted by Crippen LogP contribution is 2.05. The van der Waals surface area contributed by atoms with Gasteiger partial charge in [0.25, 0.3) is 0 Å². The Morgan fingerprint density at radius 2 is 2.60 bits per heavy atom. The lowest BCUT2D eigenvalue weighted by atomic mass is 10.5. The van der Waals surface area contributed by atoms with Crippen molar-refractivity contribution < 1.29 is 14.3 Å². The van der Waals surface area contributed by atoms with E-state index in [1.54, 1.807) is 13.3 Å². The van der Waals surface area contributed by atoms with Crippen LogP contribution in [0.2, 0.25) is 0 Å². The monoisotopic (exact) mass is 145 g/mol. The molecule has 1 atom stereocenters. The number of rotatable bonds is 4. The molecule has 0 aromatic carbocycles. The van der Waals surface area contributed by atoms with E-state index >= 15 is 0 Å². The van der Waals surface area contributed by atoms with Crippen LogP contribution >= 0.6 is 0 Å². The Kier molecular flexibility index (Phi) is 3.18. The molecule has 0 spiro atoms. The quantitative estimate of drug-likeness (QED) is 0.537. The fraction of sp³-hybridized carbons (Fsp3) is 0.833. The highest BCUT2D eigenvalue weighted by molar-refractivity contribution is 5.58. The fourth-order valence-corrected chi connectivity index (χ4v) is 0.644. The van der Waals surface area contributed by atoms with Gasteiger partial charge >= 0.3 is 0 Å². The highest BCUT2D eigenvalue weighted by atomic mass is 16.8. The molecule has 1 aliphatic heterocycles. The van der Waals surface area contributed by atoms with E-state index in [9.17, 15) is 0 Å². The number of hydrogen-bond donors (Lipinski definition) is 0. The van der Waals surface area contributed by atoms with Gasteiger partial charge in [0, 0.05) is 7.11 Å². The lowest BCUT2D eigenvalue weighted by Crippen LogP contribution is -2.14. The molecule has 0 radical (unpaired) electrons. The minimum absolute atomic E-state index is 0.185.